The fourth-order valence-corrected chi connectivity index (χ4v) is 4.93. The molecule has 4 heteroatoms. The highest BCUT2D eigenvalue weighted by molar-refractivity contribution is 5.12. The lowest BCUT2D eigenvalue weighted by molar-refractivity contribution is 0.0443. The van der Waals surface area contributed by atoms with E-state index in [1.54, 1.807) is 0 Å². The molecule has 0 saturated carbocycles. The lowest BCUT2D eigenvalue weighted by atomic mass is 9.86. The van der Waals surface area contributed by atoms with Gasteiger partial charge < -0.3 is 10.6 Å². The number of hydrogen-bond donors (Lipinski definition) is 1. The topological polar surface area (TPSA) is 35.7 Å². The van der Waals surface area contributed by atoms with Crippen LogP contribution in [0.4, 0.5) is 0 Å². The van der Waals surface area contributed by atoms with Crippen LogP contribution in [0.15, 0.2) is 0 Å². The summed E-state index contributed by atoms with van der Waals surface area (Å²) in [4.78, 5) is 7.86. The molecule has 0 amide bonds. The molecule has 3 aliphatic heterocycles. The third kappa shape index (κ3) is 2.23. The van der Waals surface area contributed by atoms with E-state index in [1.807, 2.05) is 0 Å². The third-order valence-electron chi connectivity index (χ3n) is 5.69. The number of nitrogens with zero attached hydrogens (tertiary/aromatic N) is 3. The summed E-state index contributed by atoms with van der Waals surface area (Å²) in [5, 5.41) is 0. The SMILES string of the molecule is CN(C)CC1CCCN1C1(CN)CCN2CCCC21. The van der Waals surface area contributed by atoms with Gasteiger partial charge in [0.15, 0.2) is 0 Å². The summed E-state index contributed by atoms with van der Waals surface area (Å²) in [6.07, 6.45) is 6.73. The van der Waals surface area contributed by atoms with Crippen molar-refractivity contribution in [1.29, 1.82) is 0 Å². The van der Waals surface area contributed by atoms with E-state index in [0.29, 0.717) is 0 Å². The Hall–Kier alpha value is -0.160. The van der Waals surface area contributed by atoms with Gasteiger partial charge in [-0.1, -0.05) is 0 Å². The first-order valence-electron chi connectivity index (χ1n) is 8.03. The van der Waals surface area contributed by atoms with E-state index in [2.05, 4.69) is 28.8 Å². The fraction of sp³-hybridized carbons (Fsp3) is 1.00. The Bertz CT molecular complexity index is 319. The largest absolute Gasteiger partial charge is 0.329 e. The highest BCUT2D eigenvalue weighted by atomic mass is 15.4. The molecule has 0 bridgehead atoms. The zero-order valence-electron chi connectivity index (χ0n) is 12.6. The van der Waals surface area contributed by atoms with Gasteiger partial charge in [-0.05, 0) is 59.3 Å². The van der Waals surface area contributed by atoms with E-state index in [4.69, 9.17) is 5.73 Å². The van der Waals surface area contributed by atoms with Gasteiger partial charge in [-0.25, -0.2) is 0 Å². The zero-order chi connectivity index (χ0) is 13.5. The summed E-state index contributed by atoms with van der Waals surface area (Å²) in [6.45, 7) is 5.87. The smallest absolute Gasteiger partial charge is 0.0502 e. The van der Waals surface area contributed by atoms with Gasteiger partial charge in [0.1, 0.15) is 0 Å². The van der Waals surface area contributed by atoms with Crippen LogP contribution in [-0.2, 0) is 0 Å². The van der Waals surface area contributed by atoms with Gasteiger partial charge in [0.2, 0.25) is 0 Å². The average molecular weight is 266 g/mol. The molecule has 3 saturated heterocycles. The van der Waals surface area contributed by atoms with Gasteiger partial charge in [0.05, 0.1) is 5.54 Å². The zero-order valence-corrected chi connectivity index (χ0v) is 12.6. The molecule has 3 rings (SSSR count). The monoisotopic (exact) mass is 266 g/mol. The average Bonchev–Trinajstić information content (AvgIpc) is 3.03. The Kier molecular flexibility index (Phi) is 3.87. The predicted molar refractivity (Wildman–Crippen MR) is 79.3 cm³/mol. The van der Waals surface area contributed by atoms with Crippen LogP contribution >= 0.6 is 0 Å². The summed E-state index contributed by atoms with van der Waals surface area (Å²) in [6, 6.07) is 1.46. The minimum Gasteiger partial charge on any atom is -0.329 e. The molecule has 19 heavy (non-hydrogen) atoms. The molecule has 0 aliphatic carbocycles. The van der Waals surface area contributed by atoms with Gasteiger partial charge in [-0.2, -0.15) is 0 Å². The maximum absolute atomic E-state index is 6.32. The number of likely N-dealkylation sites (N-methyl/N-ethyl adjacent to an activating group) is 1. The normalized spacial score (nSPS) is 40.4. The van der Waals surface area contributed by atoms with Gasteiger partial charge >= 0.3 is 0 Å². The predicted octanol–water partition coefficient (Wildman–Crippen LogP) is 0.578. The Morgan fingerprint density at radius 3 is 2.68 bits per heavy atom. The summed E-state index contributed by atoms with van der Waals surface area (Å²) < 4.78 is 0. The second-order valence-corrected chi connectivity index (χ2v) is 7.00. The van der Waals surface area contributed by atoms with Gasteiger partial charge in [-0.15, -0.1) is 0 Å². The summed E-state index contributed by atoms with van der Waals surface area (Å²) in [5.41, 5.74) is 6.60. The number of rotatable bonds is 4. The molecular weight excluding hydrogens is 236 g/mol. The first-order valence-corrected chi connectivity index (χ1v) is 8.03. The van der Waals surface area contributed by atoms with E-state index in [9.17, 15) is 0 Å². The second kappa shape index (κ2) is 5.32. The lowest BCUT2D eigenvalue weighted by Gasteiger charge is -2.46. The van der Waals surface area contributed by atoms with E-state index in [1.165, 1.54) is 58.3 Å². The number of hydrogen-bond acceptors (Lipinski definition) is 4. The molecule has 3 heterocycles. The van der Waals surface area contributed by atoms with Crippen molar-refractivity contribution in [3.63, 3.8) is 0 Å². The highest BCUT2D eigenvalue weighted by Crippen LogP contribution is 2.42. The van der Waals surface area contributed by atoms with Crippen molar-refractivity contribution in [1.82, 2.24) is 14.7 Å². The van der Waals surface area contributed by atoms with Crippen LogP contribution in [0.2, 0.25) is 0 Å². The molecule has 2 N–H and O–H groups in total. The van der Waals surface area contributed by atoms with Crippen molar-refractivity contribution < 1.29 is 0 Å². The van der Waals surface area contributed by atoms with Crippen LogP contribution in [0.25, 0.3) is 0 Å². The molecule has 110 valence electrons. The summed E-state index contributed by atoms with van der Waals surface area (Å²) in [7, 11) is 4.39. The molecule has 3 atom stereocenters. The van der Waals surface area contributed by atoms with Crippen molar-refractivity contribution >= 4 is 0 Å². The number of nitrogens with two attached hydrogens (primary N) is 1. The maximum atomic E-state index is 6.32. The molecular formula is C15H30N4. The number of fused-ring (bicyclic) bond motifs is 1. The molecule has 0 aromatic carbocycles. The minimum absolute atomic E-state index is 0.285. The van der Waals surface area contributed by atoms with E-state index in [-0.39, 0.29) is 5.54 Å². The first-order chi connectivity index (χ1) is 9.17. The second-order valence-electron chi connectivity index (χ2n) is 7.00. The van der Waals surface area contributed by atoms with Gasteiger partial charge in [0.25, 0.3) is 0 Å². The highest BCUT2D eigenvalue weighted by Gasteiger charge is 2.53. The fourth-order valence-electron chi connectivity index (χ4n) is 4.93. The molecule has 0 radical (unpaired) electrons. The van der Waals surface area contributed by atoms with Crippen LogP contribution in [0.1, 0.15) is 32.1 Å². The molecule has 4 nitrogen and oxygen atoms in total. The molecule has 3 unspecified atom stereocenters. The van der Waals surface area contributed by atoms with Crippen LogP contribution < -0.4 is 5.73 Å². The molecule has 0 aromatic heterocycles. The van der Waals surface area contributed by atoms with Crippen molar-refractivity contribution in [3.8, 4) is 0 Å². The maximum Gasteiger partial charge on any atom is 0.0502 e. The van der Waals surface area contributed by atoms with E-state index < -0.39 is 0 Å². The van der Waals surface area contributed by atoms with Gasteiger partial charge in [-0.3, -0.25) is 9.80 Å². The van der Waals surface area contributed by atoms with Gasteiger partial charge in [0, 0.05) is 31.7 Å². The van der Waals surface area contributed by atoms with Crippen molar-refractivity contribution in [2.24, 2.45) is 5.73 Å². The van der Waals surface area contributed by atoms with Crippen molar-refractivity contribution in [2.75, 3.05) is 46.8 Å². The number of likely N-dealkylation sites (tertiary alicyclic amines) is 1. The Balaban J connectivity index is 1.81. The summed E-state index contributed by atoms with van der Waals surface area (Å²) in [5.74, 6) is 0. The molecule has 0 aromatic rings. The minimum atomic E-state index is 0.285. The van der Waals surface area contributed by atoms with E-state index in [0.717, 1.165) is 18.6 Å². The van der Waals surface area contributed by atoms with Crippen LogP contribution in [0.3, 0.4) is 0 Å². The molecule has 3 fully saturated rings. The first kappa shape index (κ1) is 13.8. The molecule has 3 aliphatic rings. The Morgan fingerprint density at radius 1 is 1.16 bits per heavy atom. The third-order valence-corrected chi connectivity index (χ3v) is 5.69. The quantitative estimate of drug-likeness (QED) is 0.807. The van der Waals surface area contributed by atoms with Crippen LogP contribution in [0.5, 0.6) is 0 Å². The lowest BCUT2D eigenvalue weighted by Crippen LogP contribution is -2.62. The Labute approximate surface area is 117 Å². The van der Waals surface area contributed by atoms with Crippen LogP contribution in [-0.4, -0.2) is 79.1 Å². The van der Waals surface area contributed by atoms with Crippen molar-refractivity contribution in [2.45, 2.75) is 49.7 Å². The Morgan fingerprint density at radius 2 is 1.95 bits per heavy atom. The summed E-state index contributed by atoms with van der Waals surface area (Å²) >= 11 is 0. The van der Waals surface area contributed by atoms with E-state index >= 15 is 0 Å². The van der Waals surface area contributed by atoms with Crippen molar-refractivity contribution in [3.05, 3.63) is 0 Å². The molecule has 0 spiro atoms. The van der Waals surface area contributed by atoms with Crippen LogP contribution in [0, 0.1) is 0 Å². The standard InChI is InChI=1S/C15H30N4/c1-17(2)11-13-5-3-9-19(13)15(12-16)7-10-18-8-4-6-14(15)18/h13-14H,3-12,16H2,1-2H3.